The summed E-state index contributed by atoms with van der Waals surface area (Å²) in [6.07, 6.45) is 1.05. The third kappa shape index (κ3) is 4.64. The molecule has 0 fully saturated rings. The number of phenols is 2. The van der Waals surface area contributed by atoms with Crippen LogP contribution in [0.4, 0.5) is 0 Å². The number of rotatable bonds is 6. The number of aromatic hydroxyl groups is 2. The van der Waals surface area contributed by atoms with Gasteiger partial charge in [0.25, 0.3) is 0 Å². The number of carbonyl (C=O) groups excluding carboxylic acids is 1. The number of carbonyl (C=O) groups is 1. The van der Waals surface area contributed by atoms with Crippen LogP contribution in [0.3, 0.4) is 0 Å². The van der Waals surface area contributed by atoms with Crippen LogP contribution in [0.1, 0.15) is 31.7 Å². The van der Waals surface area contributed by atoms with Crippen LogP contribution >= 0.6 is 0 Å². The van der Waals surface area contributed by atoms with Gasteiger partial charge in [-0.2, -0.15) is 0 Å². The second-order valence-corrected chi connectivity index (χ2v) is 5.29. The molecule has 0 aliphatic rings. The second-order valence-electron chi connectivity index (χ2n) is 5.29. The molecule has 2 rings (SSSR count). The summed E-state index contributed by atoms with van der Waals surface area (Å²) in [7, 11) is 0. The van der Waals surface area contributed by atoms with E-state index < -0.39 is 5.97 Å². The first-order chi connectivity index (χ1) is 11.0. The van der Waals surface area contributed by atoms with Crippen LogP contribution in [0.15, 0.2) is 42.5 Å². The Bertz CT molecular complexity index is 664. The van der Waals surface area contributed by atoms with Crippen LogP contribution in [-0.2, 0) is 4.79 Å². The summed E-state index contributed by atoms with van der Waals surface area (Å²) in [6, 6.07) is 11.3. The quantitative estimate of drug-likeness (QED) is 0.484. The van der Waals surface area contributed by atoms with E-state index in [4.69, 9.17) is 9.47 Å². The van der Waals surface area contributed by atoms with Crippen molar-refractivity contribution in [1.82, 2.24) is 0 Å². The number of ether oxygens (including phenoxy) is 2. The van der Waals surface area contributed by atoms with E-state index in [2.05, 4.69) is 13.8 Å². The highest BCUT2D eigenvalue weighted by Crippen LogP contribution is 2.28. The Hall–Kier alpha value is -2.69. The maximum atomic E-state index is 11.8. The topological polar surface area (TPSA) is 76.0 Å². The predicted octanol–water partition coefficient (Wildman–Crippen LogP) is 3.60. The van der Waals surface area contributed by atoms with Gasteiger partial charge in [0.2, 0.25) is 0 Å². The van der Waals surface area contributed by atoms with Crippen LogP contribution in [0.25, 0.3) is 0 Å². The Morgan fingerprint density at radius 2 is 1.70 bits per heavy atom. The summed E-state index contributed by atoms with van der Waals surface area (Å²) < 4.78 is 10.4. The lowest BCUT2D eigenvalue weighted by Crippen LogP contribution is -2.17. The lowest BCUT2D eigenvalue weighted by Gasteiger charge is -2.10. The largest absolute Gasteiger partial charge is 0.504 e. The number of hydrogen-bond acceptors (Lipinski definition) is 5. The van der Waals surface area contributed by atoms with E-state index >= 15 is 0 Å². The van der Waals surface area contributed by atoms with Crippen LogP contribution in [-0.4, -0.2) is 22.8 Å². The fourth-order valence-corrected chi connectivity index (χ4v) is 2.00. The van der Waals surface area contributed by atoms with E-state index in [1.54, 1.807) is 12.1 Å². The summed E-state index contributed by atoms with van der Waals surface area (Å²) in [4.78, 5) is 11.8. The van der Waals surface area contributed by atoms with E-state index in [0.29, 0.717) is 11.7 Å². The molecule has 122 valence electrons. The predicted molar refractivity (Wildman–Crippen MR) is 86.0 cm³/mol. The summed E-state index contributed by atoms with van der Waals surface area (Å²) in [5.74, 6) is 0.0838. The van der Waals surface area contributed by atoms with Gasteiger partial charge in [0, 0.05) is 6.07 Å². The van der Waals surface area contributed by atoms with Crippen molar-refractivity contribution in [2.45, 2.75) is 26.2 Å². The Kier molecular flexibility index (Phi) is 5.46. The van der Waals surface area contributed by atoms with Crippen molar-refractivity contribution in [2.75, 3.05) is 6.61 Å². The Morgan fingerprint density at radius 3 is 2.30 bits per heavy atom. The molecule has 2 N–H and O–H groups in total. The summed E-state index contributed by atoms with van der Waals surface area (Å²) in [5, 5.41) is 18.5. The van der Waals surface area contributed by atoms with Crippen LogP contribution in [0, 0.1) is 0 Å². The molecule has 5 heteroatoms. The molecule has 2 aromatic rings. The molecular formula is C18H20O5. The average molecular weight is 316 g/mol. The first-order valence-corrected chi connectivity index (χ1v) is 7.45. The number of esters is 1. The van der Waals surface area contributed by atoms with Crippen LogP contribution in [0.2, 0.25) is 0 Å². The van der Waals surface area contributed by atoms with E-state index in [1.807, 2.05) is 12.1 Å². The van der Waals surface area contributed by atoms with Gasteiger partial charge in [-0.1, -0.05) is 26.0 Å². The van der Waals surface area contributed by atoms with Gasteiger partial charge in [0.15, 0.2) is 18.1 Å². The van der Waals surface area contributed by atoms with Gasteiger partial charge >= 0.3 is 5.97 Å². The SMILES string of the molecule is CCC(C)c1ccc(OC(=O)COc2ccc(O)c(O)c2)cc1. The molecule has 2 aromatic carbocycles. The molecule has 0 saturated heterocycles. The van der Waals surface area contributed by atoms with Gasteiger partial charge in [-0.25, -0.2) is 4.79 Å². The summed E-state index contributed by atoms with van der Waals surface area (Å²) in [6.45, 7) is 3.97. The first kappa shape index (κ1) is 16.7. The van der Waals surface area contributed by atoms with Crippen molar-refractivity contribution >= 4 is 5.97 Å². The first-order valence-electron chi connectivity index (χ1n) is 7.45. The van der Waals surface area contributed by atoms with E-state index in [0.717, 1.165) is 6.42 Å². The standard InChI is InChI=1S/C18H20O5/c1-3-12(2)13-4-6-14(7-5-13)23-18(21)11-22-15-8-9-16(19)17(20)10-15/h4-10,12,19-20H,3,11H2,1-2H3. The second kappa shape index (κ2) is 7.54. The van der Waals surface area contributed by atoms with Gasteiger partial charge in [-0.3, -0.25) is 0 Å². The molecule has 0 bridgehead atoms. The van der Waals surface area contributed by atoms with Crippen molar-refractivity contribution in [1.29, 1.82) is 0 Å². The zero-order chi connectivity index (χ0) is 16.8. The minimum atomic E-state index is -0.547. The van der Waals surface area contributed by atoms with Crippen molar-refractivity contribution in [2.24, 2.45) is 0 Å². The maximum absolute atomic E-state index is 11.8. The Balaban J connectivity index is 1.88. The minimum Gasteiger partial charge on any atom is -0.504 e. The highest BCUT2D eigenvalue weighted by molar-refractivity contribution is 5.74. The lowest BCUT2D eigenvalue weighted by molar-refractivity contribution is -0.136. The fourth-order valence-electron chi connectivity index (χ4n) is 2.00. The molecule has 1 unspecified atom stereocenters. The molecule has 0 heterocycles. The maximum Gasteiger partial charge on any atom is 0.349 e. The highest BCUT2D eigenvalue weighted by atomic mass is 16.6. The average Bonchev–Trinajstić information content (AvgIpc) is 2.56. The number of phenolic OH excluding ortho intramolecular Hbond substituents is 2. The third-order valence-electron chi connectivity index (χ3n) is 3.60. The minimum absolute atomic E-state index is 0.249. The molecule has 0 aliphatic carbocycles. The molecule has 0 spiro atoms. The number of benzene rings is 2. The van der Waals surface area contributed by atoms with E-state index in [-0.39, 0.29) is 23.9 Å². The fraction of sp³-hybridized carbons (Fsp3) is 0.278. The molecule has 0 saturated carbocycles. The smallest absolute Gasteiger partial charge is 0.349 e. The van der Waals surface area contributed by atoms with Crippen LogP contribution < -0.4 is 9.47 Å². The summed E-state index contributed by atoms with van der Waals surface area (Å²) >= 11 is 0. The summed E-state index contributed by atoms with van der Waals surface area (Å²) in [5.41, 5.74) is 1.20. The van der Waals surface area contributed by atoms with Gasteiger partial charge in [-0.15, -0.1) is 0 Å². The highest BCUT2D eigenvalue weighted by Gasteiger charge is 2.09. The molecule has 1 atom stereocenters. The molecule has 23 heavy (non-hydrogen) atoms. The van der Waals surface area contributed by atoms with Crippen molar-refractivity contribution in [3.8, 4) is 23.0 Å². The normalized spacial score (nSPS) is 11.7. The van der Waals surface area contributed by atoms with Gasteiger partial charge in [0.1, 0.15) is 11.5 Å². The zero-order valence-corrected chi connectivity index (χ0v) is 13.2. The molecule has 0 aromatic heterocycles. The molecular weight excluding hydrogens is 296 g/mol. The van der Waals surface area contributed by atoms with E-state index in [9.17, 15) is 15.0 Å². The van der Waals surface area contributed by atoms with Gasteiger partial charge in [0.05, 0.1) is 0 Å². The van der Waals surface area contributed by atoms with Crippen molar-refractivity contribution < 1.29 is 24.5 Å². The van der Waals surface area contributed by atoms with Crippen LogP contribution in [0.5, 0.6) is 23.0 Å². The molecule has 5 nitrogen and oxygen atoms in total. The number of hydrogen-bond donors (Lipinski definition) is 2. The lowest BCUT2D eigenvalue weighted by atomic mass is 9.99. The Morgan fingerprint density at radius 1 is 1.04 bits per heavy atom. The molecule has 0 radical (unpaired) electrons. The van der Waals surface area contributed by atoms with Gasteiger partial charge < -0.3 is 19.7 Å². The van der Waals surface area contributed by atoms with Crippen molar-refractivity contribution in [3.63, 3.8) is 0 Å². The molecule has 0 aliphatic heterocycles. The monoisotopic (exact) mass is 316 g/mol. The third-order valence-corrected chi connectivity index (χ3v) is 3.60. The zero-order valence-electron chi connectivity index (χ0n) is 13.2. The Labute approximate surface area is 135 Å². The van der Waals surface area contributed by atoms with E-state index in [1.165, 1.54) is 23.8 Å². The van der Waals surface area contributed by atoms with Crippen molar-refractivity contribution in [3.05, 3.63) is 48.0 Å². The van der Waals surface area contributed by atoms with Gasteiger partial charge in [-0.05, 0) is 42.2 Å². The molecule has 0 amide bonds.